The zero-order valence-electron chi connectivity index (χ0n) is 11.9. The fraction of sp³-hybridized carbons (Fsp3) is 0.429. The van der Waals surface area contributed by atoms with Crippen molar-refractivity contribution in [2.24, 2.45) is 0 Å². The first-order chi connectivity index (χ1) is 9.95. The number of carbonyl (C=O) groups is 1. The number of nitrogens with one attached hydrogen (secondary N) is 2. The van der Waals surface area contributed by atoms with Crippen LogP contribution in [-0.2, 0) is 11.2 Å². The van der Waals surface area contributed by atoms with Crippen LogP contribution in [0.25, 0.3) is 11.4 Å². The first-order valence-corrected chi connectivity index (χ1v) is 6.85. The third-order valence-corrected chi connectivity index (χ3v) is 3.69. The van der Waals surface area contributed by atoms with E-state index in [1.807, 2.05) is 18.2 Å². The van der Waals surface area contributed by atoms with E-state index < -0.39 is 5.60 Å². The van der Waals surface area contributed by atoms with Crippen LogP contribution < -0.4 is 5.32 Å². The Hall–Kier alpha value is -2.28. The SMILES string of the molecule is CC(C)(O)C(=O)NC1CCc2cc(-c3nn[nH]n3)ccc21. The number of rotatable bonds is 3. The second-order valence-corrected chi connectivity index (χ2v) is 5.77. The standard InChI is InChI=1S/C14H17N5O2/c1-14(2,21)13(20)15-11-6-4-8-7-9(3-5-10(8)11)12-16-18-19-17-12/h3,5,7,11,21H,4,6H2,1-2H3,(H,15,20)(H,16,17,18,19). The number of aliphatic hydroxyl groups is 1. The van der Waals surface area contributed by atoms with E-state index in [9.17, 15) is 9.90 Å². The van der Waals surface area contributed by atoms with Crippen molar-refractivity contribution in [1.29, 1.82) is 0 Å². The molecular weight excluding hydrogens is 270 g/mol. The summed E-state index contributed by atoms with van der Waals surface area (Å²) in [5.74, 6) is 0.198. The van der Waals surface area contributed by atoms with Crippen LogP contribution in [0, 0.1) is 0 Å². The van der Waals surface area contributed by atoms with E-state index in [1.54, 1.807) is 0 Å². The number of nitrogens with zero attached hydrogens (tertiary/aromatic N) is 3. The molecule has 7 heteroatoms. The van der Waals surface area contributed by atoms with E-state index in [0.29, 0.717) is 5.82 Å². The number of hydrogen-bond donors (Lipinski definition) is 3. The van der Waals surface area contributed by atoms with Crippen molar-refractivity contribution in [3.05, 3.63) is 29.3 Å². The van der Waals surface area contributed by atoms with Gasteiger partial charge in [0, 0.05) is 5.56 Å². The molecule has 1 heterocycles. The van der Waals surface area contributed by atoms with E-state index in [2.05, 4.69) is 25.9 Å². The fourth-order valence-electron chi connectivity index (χ4n) is 2.53. The molecule has 1 atom stereocenters. The molecule has 1 aliphatic rings. The van der Waals surface area contributed by atoms with Crippen LogP contribution in [0.5, 0.6) is 0 Å². The van der Waals surface area contributed by atoms with E-state index >= 15 is 0 Å². The Morgan fingerprint density at radius 3 is 2.95 bits per heavy atom. The Morgan fingerprint density at radius 2 is 2.29 bits per heavy atom. The summed E-state index contributed by atoms with van der Waals surface area (Å²) in [5.41, 5.74) is 1.78. The molecule has 1 aliphatic carbocycles. The van der Waals surface area contributed by atoms with Gasteiger partial charge in [0.25, 0.3) is 5.91 Å². The van der Waals surface area contributed by atoms with Gasteiger partial charge in [-0.2, -0.15) is 5.21 Å². The summed E-state index contributed by atoms with van der Waals surface area (Å²) in [6.45, 7) is 2.97. The smallest absolute Gasteiger partial charge is 0.251 e. The minimum atomic E-state index is -1.37. The summed E-state index contributed by atoms with van der Waals surface area (Å²) in [6.07, 6.45) is 1.70. The van der Waals surface area contributed by atoms with Crippen LogP contribution in [0.15, 0.2) is 18.2 Å². The fourth-order valence-corrected chi connectivity index (χ4v) is 2.53. The summed E-state index contributed by atoms with van der Waals surface area (Å²) in [6, 6.07) is 5.86. The maximum Gasteiger partial charge on any atom is 0.251 e. The third-order valence-electron chi connectivity index (χ3n) is 3.69. The highest BCUT2D eigenvalue weighted by Crippen LogP contribution is 2.33. The number of aromatic amines is 1. The van der Waals surface area contributed by atoms with E-state index in [1.165, 1.54) is 19.4 Å². The van der Waals surface area contributed by atoms with Crippen molar-refractivity contribution in [3.63, 3.8) is 0 Å². The molecule has 0 aliphatic heterocycles. The van der Waals surface area contributed by atoms with Gasteiger partial charge in [0.15, 0.2) is 0 Å². The molecule has 21 heavy (non-hydrogen) atoms. The van der Waals surface area contributed by atoms with Crippen molar-refractivity contribution >= 4 is 5.91 Å². The Kier molecular flexibility index (Phi) is 3.21. The number of aryl methyl sites for hydroxylation is 1. The summed E-state index contributed by atoms with van der Waals surface area (Å²) in [7, 11) is 0. The van der Waals surface area contributed by atoms with Gasteiger partial charge in [-0.3, -0.25) is 4.79 Å². The molecule has 0 saturated heterocycles. The molecule has 1 aromatic heterocycles. The Morgan fingerprint density at radius 1 is 1.48 bits per heavy atom. The molecule has 110 valence electrons. The lowest BCUT2D eigenvalue weighted by molar-refractivity contribution is -0.137. The van der Waals surface area contributed by atoms with Gasteiger partial charge < -0.3 is 10.4 Å². The molecule has 0 spiro atoms. The van der Waals surface area contributed by atoms with Crippen molar-refractivity contribution in [3.8, 4) is 11.4 Å². The lowest BCUT2D eigenvalue weighted by atomic mass is 10.0. The summed E-state index contributed by atoms with van der Waals surface area (Å²) < 4.78 is 0. The van der Waals surface area contributed by atoms with Crippen molar-refractivity contribution < 1.29 is 9.90 Å². The lowest BCUT2D eigenvalue weighted by Crippen LogP contribution is -2.43. The molecule has 0 saturated carbocycles. The van der Waals surface area contributed by atoms with Crippen LogP contribution in [0.1, 0.15) is 37.4 Å². The molecule has 7 nitrogen and oxygen atoms in total. The maximum atomic E-state index is 11.9. The number of hydrogen-bond acceptors (Lipinski definition) is 5. The maximum absolute atomic E-state index is 11.9. The highest BCUT2D eigenvalue weighted by atomic mass is 16.3. The largest absolute Gasteiger partial charge is 0.381 e. The summed E-state index contributed by atoms with van der Waals surface area (Å²) in [4.78, 5) is 11.9. The number of tetrazole rings is 1. The van der Waals surface area contributed by atoms with Crippen LogP contribution in [-0.4, -0.2) is 37.2 Å². The van der Waals surface area contributed by atoms with Crippen LogP contribution >= 0.6 is 0 Å². The second kappa shape index (κ2) is 4.92. The van der Waals surface area contributed by atoms with Crippen LogP contribution in [0.3, 0.4) is 0 Å². The minimum Gasteiger partial charge on any atom is -0.381 e. The molecule has 0 bridgehead atoms. The molecule has 3 rings (SSSR count). The van der Waals surface area contributed by atoms with Gasteiger partial charge in [0.2, 0.25) is 5.82 Å². The molecule has 0 fully saturated rings. The highest BCUT2D eigenvalue weighted by Gasteiger charge is 2.30. The van der Waals surface area contributed by atoms with Crippen molar-refractivity contribution in [2.45, 2.75) is 38.3 Å². The molecule has 1 amide bonds. The number of fused-ring (bicyclic) bond motifs is 1. The Bertz CT molecular complexity index is 660. The van der Waals surface area contributed by atoms with Gasteiger partial charge >= 0.3 is 0 Å². The number of carbonyl (C=O) groups excluding carboxylic acids is 1. The van der Waals surface area contributed by atoms with Gasteiger partial charge in [0.05, 0.1) is 6.04 Å². The lowest BCUT2D eigenvalue weighted by Gasteiger charge is -2.21. The van der Waals surface area contributed by atoms with Gasteiger partial charge in [-0.1, -0.05) is 12.1 Å². The van der Waals surface area contributed by atoms with Gasteiger partial charge in [0.1, 0.15) is 5.60 Å². The number of amides is 1. The number of H-pyrrole nitrogens is 1. The van der Waals surface area contributed by atoms with E-state index in [-0.39, 0.29) is 11.9 Å². The first kappa shape index (κ1) is 13.7. The third kappa shape index (κ3) is 2.64. The predicted octanol–water partition coefficient (Wildman–Crippen LogP) is 0.741. The topological polar surface area (TPSA) is 104 Å². The molecule has 2 aromatic rings. The predicted molar refractivity (Wildman–Crippen MR) is 75.1 cm³/mol. The molecule has 0 radical (unpaired) electrons. The van der Waals surface area contributed by atoms with Gasteiger partial charge in [-0.15, -0.1) is 10.2 Å². The summed E-state index contributed by atoms with van der Waals surface area (Å²) >= 11 is 0. The molecular formula is C14H17N5O2. The normalized spacial score (nSPS) is 17.6. The quantitative estimate of drug-likeness (QED) is 0.772. The van der Waals surface area contributed by atoms with Crippen molar-refractivity contribution in [1.82, 2.24) is 25.9 Å². The van der Waals surface area contributed by atoms with E-state index in [4.69, 9.17) is 0 Å². The molecule has 3 N–H and O–H groups in total. The summed E-state index contributed by atoms with van der Waals surface area (Å²) in [5, 5.41) is 26.5. The first-order valence-electron chi connectivity index (χ1n) is 6.85. The van der Waals surface area contributed by atoms with Crippen LogP contribution in [0.4, 0.5) is 0 Å². The zero-order valence-corrected chi connectivity index (χ0v) is 11.9. The van der Waals surface area contributed by atoms with E-state index in [0.717, 1.165) is 24.0 Å². The average molecular weight is 287 g/mol. The van der Waals surface area contributed by atoms with Crippen LogP contribution in [0.2, 0.25) is 0 Å². The van der Waals surface area contributed by atoms with Gasteiger partial charge in [-0.05, 0) is 49.1 Å². The minimum absolute atomic E-state index is 0.0572. The second-order valence-electron chi connectivity index (χ2n) is 5.77. The van der Waals surface area contributed by atoms with Gasteiger partial charge in [-0.25, -0.2) is 0 Å². The Labute approximate surface area is 121 Å². The monoisotopic (exact) mass is 287 g/mol. The highest BCUT2D eigenvalue weighted by molar-refractivity contribution is 5.84. The number of benzene rings is 1. The Balaban J connectivity index is 1.82. The zero-order chi connectivity index (χ0) is 15.0. The average Bonchev–Trinajstić information content (AvgIpc) is 3.06. The molecule has 1 aromatic carbocycles. The number of aromatic nitrogens is 4. The molecule has 1 unspecified atom stereocenters. The van der Waals surface area contributed by atoms with Crippen molar-refractivity contribution in [2.75, 3.05) is 0 Å².